The van der Waals surface area contributed by atoms with Crippen LogP contribution < -0.4 is 10.2 Å². The largest absolute Gasteiger partial charge is 0.362 e. The van der Waals surface area contributed by atoms with E-state index in [0.717, 1.165) is 18.2 Å². The number of fused-ring (bicyclic) bond motifs is 1. The van der Waals surface area contributed by atoms with Gasteiger partial charge in [0.25, 0.3) is 0 Å². The number of aryl methyl sites for hydroxylation is 2. The fraction of sp³-hybridized carbons (Fsp3) is 0.533. The molecular formula is C15H22N2S. The molecule has 0 atom stereocenters. The molecule has 2 nitrogen and oxygen atoms in total. The van der Waals surface area contributed by atoms with Crippen molar-refractivity contribution < 1.29 is 0 Å². The molecule has 0 radical (unpaired) electrons. The maximum absolute atomic E-state index is 5.52. The van der Waals surface area contributed by atoms with E-state index < -0.39 is 0 Å². The van der Waals surface area contributed by atoms with Gasteiger partial charge in [-0.3, -0.25) is 0 Å². The van der Waals surface area contributed by atoms with Gasteiger partial charge in [0.2, 0.25) is 0 Å². The Kier molecular flexibility index (Phi) is 4.23. The fourth-order valence-electron chi connectivity index (χ4n) is 2.32. The van der Waals surface area contributed by atoms with Gasteiger partial charge in [-0.25, -0.2) is 0 Å². The van der Waals surface area contributed by atoms with E-state index in [1.54, 1.807) is 0 Å². The van der Waals surface area contributed by atoms with Crippen LogP contribution in [0, 0.1) is 12.8 Å². The van der Waals surface area contributed by atoms with E-state index in [1.807, 2.05) is 0 Å². The maximum Gasteiger partial charge on any atom is 0.173 e. The minimum absolute atomic E-state index is 0.616. The number of nitrogens with zero attached hydrogens (tertiary/aromatic N) is 1. The molecule has 1 heterocycles. The predicted octanol–water partition coefficient (Wildman–Crippen LogP) is 3.28. The molecule has 18 heavy (non-hydrogen) atoms. The first-order chi connectivity index (χ1) is 8.58. The van der Waals surface area contributed by atoms with Crippen LogP contribution in [0.5, 0.6) is 0 Å². The van der Waals surface area contributed by atoms with Crippen LogP contribution in [-0.4, -0.2) is 18.2 Å². The summed E-state index contributed by atoms with van der Waals surface area (Å²) in [6, 6.07) is 6.65. The lowest BCUT2D eigenvalue weighted by Crippen LogP contribution is -2.43. The van der Waals surface area contributed by atoms with E-state index in [0.29, 0.717) is 5.92 Å². The monoisotopic (exact) mass is 262 g/mol. The number of rotatable bonds is 2. The van der Waals surface area contributed by atoms with Crippen LogP contribution in [0.3, 0.4) is 0 Å². The van der Waals surface area contributed by atoms with Gasteiger partial charge in [0, 0.05) is 18.8 Å². The Morgan fingerprint density at radius 1 is 1.44 bits per heavy atom. The zero-order chi connectivity index (χ0) is 13.1. The van der Waals surface area contributed by atoms with E-state index in [2.05, 4.69) is 49.2 Å². The molecule has 0 amide bonds. The minimum Gasteiger partial charge on any atom is -0.362 e. The summed E-state index contributed by atoms with van der Waals surface area (Å²) in [6.07, 6.45) is 2.35. The molecule has 1 N–H and O–H groups in total. The molecule has 0 aliphatic carbocycles. The summed E-state index contributed by atoms with van der Waals surface area (Å²) in [7, 11) is 0. The standard InChI is InChI=1S/C15H22N2S/c1-11(2)10-16-15(18)17-8-4-5-13-9-12(3)6-7-14(13)17/h6-7,9,11H,4-5,8,10H2,1-3H3,(H,16,18). The Morgan fingerprint density at radius 2 is 2.22 bits per heavy atom. The molecule has 3 heteroatoms. The highest BCUT2D eigenvalue weighted by Gasteiger charge is 2.19. The molecule has 0 saturated carbocycles. The SMILES string of the molecule is Cc1ccc2c(c1)CCCN2C(=S)NCC(C)C. The van der Waals surface area contributed by atoms with Gasteiger partial charge in [0.05, 0.1) is 0 Å². The summed E-state index contributed by atoms with van der Waals surface area (Å²) in [5, 5.41) is 4.23. The average Bonchev–Trinajstić information content (AvgIpc) is 2.34. The topological polar surface area (TPSA) is 15.3 Å². The second kappa shape index (κ2) is 5.70. The van der Waals surface area contributed by atoms with E-state index >= 15 is 0 Å². The Bertz CT molecular complexity index is 440. The molecule has 2 rings (SSSR count). The van der Waals surface area contributed by atoms with Crippen molar-refractivity contribution in [2.75, 3.05) is 18.0 Å². The van der Waals surface area contributed by atoms with E-state index in [1.165, 1.54) is 29.7 Å². The molecule has 98 valence electrons. The number of hydrogen-bond donors (Lipinski definition) is 1. The highest BCUT2D eigenvalue weighted by molar-refractivity contribution is 7.80. The molecule has 0 spiro atoms. The summed E-state index contributed by atoms with van der Waals surface area (Å²) >= 11 is 5.52. The van der Waals surface area contributed by atoms with E-state index in [9.17, 15) is 0 Å². The van der Waals surface area contributed by atoms with E-state index in [-0.39, 0.29) is 0 Å². The number of hydrogen-bond acceptors (Lipinski definition) is 1. The van der Waals surface area contributed by atoms with Crippen LogP contribution in [0.15, 0.2) is 18.2 Å². The second-order valence-electron chi connectivity index (χ2n) is 5.47. The van der Waals surface area contributed by atoms with Crippen molar-refractivity contribution in [3.05, 3.63) is 29.3 Å². The number of benzene rings is 1. The first kappa shape index (κ1) is 13.3. The minimum atomic E-state index is 0.616. The Balaban J connectivity index is 2.14. The molecule has 0 aromatic heterocycles. The van der Waals surface area contributed by atoms with Gasteiger partial charge in [-0.15, -0.1) is 0 Å². The van der Waals surface area contributed by atoms with Crippen molar-refractivity contribution in [1.82, 2.24) is 5.32 Å². The Hall–Kier alpha value is -1.09. The summed E-state index contributed by atoms with van der Waals surface area (Å²) in [5.74, 6) is 0.616. The first-order valence-electron chi connectivity index (χ1n) is 6.73. The van der Waals surface area contributed by atoms with Gasteiger partial charge in [-0.2, -0.15) is 0 Å². The molecule has 0 bridgehead atoms. The average molecular weight is 262 g/mol. The van der Waals surface area contributed by atoms with Crippen molar-refractivity contribution in [1.29, 1.82) is 0 Å². The predicted molar refractivity (Wildman–Crippen MR) is 82.3 cm³/mol. The molecule has 0 fully saturated rings. The molecular weight excluding hydrogens is 240 g/mol. The lowest BCUT2D eigenvalue weighted by atomic mass is 10.00. The summed E-state index contributed by atoms with van der Waals surface area (Å²) in [6.45, 7) is 8.51. The van der Waals surface area contributed by atoms with Crippen LogP contribution in [0.1, 0.15) is 31.4 Å². The molecule has 0 saturated heterocycles. The number of anilines is 1. The van der Waals surface area contributed by atoms with Crippen LogP contribution in [0.25, 0.3) is 0 Å². The molecule has 1 aromatic rings. The van der Waals surface area contributed by atoms with Gasteiger partial charge >= 0.3 is 0 Å². The van der Waals surface area contributed by atoms with Crippen molar-refractivity contribution >= 4 is 23.0 Å². The third kappa shape index (κ3) is 3.02. The van der Waals surface area contributed by atoms with Crippen LogP contribution in [-0.2, 0) is 6.42 Å². The van der Waals surface area contributed by atoms with Gasteiger partial charge in [0.1, 0.15) is 0 Å². The van der Waals surface area contributed by atoms with Crippen LogP contribution in [0.2, 0.25) is 0 Å². The molecule has 1 aromatic carbocycles. The first-order valence-corrected chi connectivity index (χ1v) is 7.13. The van der Waals surface area contributed by atoms with Gasteiger partial charge < -0.3 is 10.2 Å². The van der Waals surface area contributed by atoms with Gasteiger partial charge in [-0.1, -0.05) is 31.5 Å². The Labute approximate surface area is 115 Å². The molecule has 1 aliphatic heterocycles. The quantitative estimate of drug-likeness (QED) is 0.824. The number of nitrogens with one attached hydrogen (secondary N) is 1. The zero-order valence-electron chi connectivity index (χ0n) is 11.5. The van der Waals surface area contributed by atoms with Crippen LogP contribution in [0.4, 0.5) is 5.69 Å². The lowest BCUT2D eigenvalue weighted by Gasteiger charge is -2.32. The van der Waals surface area contributed by atoms with Crippen molar-refractivity contribution in [2.45, 2.75) is 33.6 Å². The highest BCUT2D eigenvalue weighted by atomic mass is 32.1. The third-order valence-corrected chi connectivity index (χ3v) is 3.63. The fourth-order valence-corrected chi connectivity index (χ4v) is 2.60. The summed E-state index contributed by atoms with van der Waals surface area (Å²) in [5.41, 5.74) is 4.04. The van der Waals surface area contributed by atoms with Gasteiger partial charge in [-0.05, 0) is 49.5 Å². The third-order valence-electron chi connectivity index (χ3n) is 3.26. The molecule has 1 aliphatic rings. The molecule has 0 unspecified atom stereocenters. The van der Waals surface area contributed by atoms with E-state index in [4.69, 9.17) is 12.2 Å². The normalized spacial score (nSPS) is 14.6. The van der Waals surface area contributed by atoms with Gasteiger partial charge in [0.15, 0.2) is 5.11 Å². The smallest absolute Gasteiger partial charge is 0.173 e. The maximum atomic E-state index is 5.52. The van der Waals surface area contributed by atoms with Crippen molar-refractivity contribution in [3.8, 4) is 0 Å². The van der Waals surface area contributed by atoms with Crippen molar-refractivity contribution in [3.63, 3.8) is 0 Å². The lowest BCUT2D eigenvalue weighted by molar-refractivity contribution is 0.621. The highest BCUT2D eigenvalue weighted by Crippen LogP contribution is 2.27. The second-order valence-corrected chi connectivity index (χ2v) is 5.85. The Morgan fingerprint density at radius 3 is 2.94 bits per heavy atom. The summed E-state index contributed by atoms with van der Waals surface area (Å²) in [4.78, 5) is 2.25. The number of thiocarbonyl (C=S) groups is 1. The van der Waals surface area contributed by atoms with Crippen LogP contribution >= 0.6 is 12.2 Å². The summed E-state index contributed by atoms with van der Waals surface area (Å²) < 4.78 is 0. The zero-order valence-corrected chi connectivity index (χ0v) is 12.3. The van der Waals surface area contributed by atoms with Crippen molar-refractivity contribution in [2.24, 2.45) is 5.92 Å².